The van der Waals surface area contributed by atoms with Crippen LogP contribution in [-0.4, -0.2) is 119 Å². The molecule has 9 N–H and O–H groups in total. The summed E-state index contributed by atoms with van der Waals surface area (Å²) >= 11 is 1.26. The predicted octanol–water partition coefficient (Wildman–Crippen LogP) is 2.67. The molecule has 7 aliphatic rings. The third-order valence-electron chi connectivity index (χ3n) is 15.1. The molecule has 19 nitrogen and oxygen atoms in total. The molecule has 340 valence electrons. The highest BCUT2D eigenvalue weighted by molar-refractivity contribution is 8.00. The molecular formula is C43H54N6O13S. The molecule has 0 radical (unpaired) electrons. The summed E-state index contributed by atoms with van der Waals surface area (Å²) in [7, 11) is 0. The Morgan fingerprint density at radius 1 is 0.841 bits per heavy atom. The Kier molecular flexibility index (Phi) is 12.3. The summed E-state index contributed by atoms with van der Waals surface area (Å²) in [5.41, 5.74) is 4.01. The Bertz CT molecular complexity index is 2220. The van der Waals surface area contributed by atoms with Gasteiger partial charge in [0.2, 0.25) is 11.8 Å². The van der Waals surface area contributed by atoms with Crippen molar-refractivity contribution < 1.29 is 63.9 Å². The number of aliphatic carboxylic acids is 5. The van der Waals surface area contributed by atoms with E-state index in [2.05, 4.69) is 10.6 Å². The van der Waals surface area contributed by atoms with E-state index in [4.69, 9.17) is 20.7 Å². The molecule has 1 saturated carbocycles. The number of nitrogens with one attached hydrogen (secondary N) is 2. The van der Waals surface area contributed by atoms with E-state index in [0.29, 0.717) is 17.1 Å². The van der Waals surface area contributed by atoms with Crippen LogP contribution < -0.4 is 16.4 Å². The van der Waals surface area contributed by atoms with Gasteiger partial charge in [0.15, 0.2) is 5.78 Å². The van der Waals surface area contributed by atoms with E-state index in [9.17, 15) is 63.9 Å². The number of hydrogen-bond acceptors (Lipinski definition) is 13. The van der Waals surface area contributed by atoms with Gasteiger partial charge in [-0.3, -0.25) is 53.3 Å². The van der Waals surface area contributed by atoms with Gasteiger partial charge < -0.3 is 41.9 Å². The van der Waals surface area contributed by atoms with Crippen LogP contribution in [0.3, 0.4) is 0 Å². The number of nitrogens with zero attached hydrogens (tertiary/aromatic N) is 3. The number of aliphatic imine (C=N–C) groups is 3. The van der Waals surface area contributed by atoms with Crippen molar-refractivity contribution in [2.45, 2.75) is 120 Å². The Balaban J connectivity index is 1.54. The first kappa shape index (κ1) is 45.6. The number of carboxylic acids is 5. The lowest BCUT2D eigenvalue weighted by atomic mass is 9.63. The van der Waals surface area contributed by atoms with E-state index < -0.39 is 118 Å². The standard InChI is InChI=1S/C43H54N6O13S/c1-41(16-30(44)50)22(5-8-33(54)55)27-15-43-42(2,17-31(51)49-43)23(6-9-34(56)57)26(48-43)13-24-19(11-35(58)59)18(4-7-32(52)53)38(46-24)37-39-21(10-28(63-3)40(37)62)20(12-36(60)61)25(47-39)14-29(41)45-27/h13,18-23,25,27-28,48H,4-12,14-17H2,1-3H3,(H2,44,50)(H,49,51)(H,52,53)(H,54,55)(H,56,57)(H,58,59)(H,60,61)/b26-13-,38-37+/t18?,19?,20?,21?,22?,23-,25?,27?,28?,41+,42+,43?/m1/s1. The molecule has 8 bridgehead atoms. The van der Waals surface area contributed by atoms with E-state index in [-0.39, 0.29) is 99.3 Å². The normalized spacial score (nSPS) is 38.4. The van der Waals surface area contributed by atoms with Crippen LogP contribution in [-0.2, 0) is 38.4 Å². The molecule has 6 aliphatic heterocycles. The molecule has 3 fully saturated rings. The number of rotatable bonds is 16. The SMILES string of the molecule is CSC1CC2C3=NC(CC4=NC(CC56NC(=O)C[C@@]5(C)[C@H](CCC(=O)O)/C(=C/C5=NC(=C\3C1=O)/C(CCC(=O)O)C5CC(=O)O)N6)C(CCC(=O)O)[C@]4(C)CC(N)=O)C2CC(=O)O. The lowest BCUT2D eigenvalue weighted by Gasteiger charge is -2.42. The second-order valence-corrected chi connectivity index (χ2v) is 19.8. The summed E-state index contributed by atoms with van der Waals surface area (Å²) in [6.45, 7) is 3.63. The fourth-order valence-electron chi connectivity index (χ4n) is 12.3. The van der Waals surface area contributed by atoms with Gasteiger partial charge in [-0.2, -0.15) is 11.8 Å². The van der Waals surface area contributed by atoms with Crippen LogP contribution in [0.5, 0.6) is 0 Å². The highest BCUT2D eigenvalue weighted by Gasteiger charge is 2.66. The number of carbonyl (C=O) groups is 8. The van der Waals surface area contributed by atoms with Gasteiger partial charge in [0.05, 0.1) is 47.2 Å². The van der Waals surface area contributed by atoms with Crippen LogP contribution in [0.1, 0.15) is 97.3 Å². The lowest BCUT2D eigenvalue weighted by molar-refractivity contribution is -0.139. The molecule has 0 aromatic heterocycles. The summed E-state index contributed by atoms with van der Waals surface area (Å²) in [6, 6.07) is -1.57. The fraction of sp³-hybridized carbons (Fsp3) is 0.651. The molecule has 1 aliphatic carbocycles. The fourth-order valence-corrected chi connectivity index (χ4v) is 13.0. The van der Waals surface area contributed by atoms with Crippen LogP contribution in [0.15, 0.2) is 38.0 Å². The minimum absolute atomic E-state index is 0.0115. The zero-order chi connectivity index (χ0) is 45.9. The van der Waals surface area contributed by atoms with Gasteiger partial charge in [0, 0.05) is 102 Å². The van der Waals surface area contributed by atoms with Crippen LogP contribution in [0, 0.1) is 46.3 Å². The average Bonchev–Trinajstić information content (AvgIpc) is 3.86. The Morgan fingerprint density at radius 2 is 1.49 bits per heavy atom. The Morgan fingerprint density at radius 3 is 2.11 bits per heavy atom. The number of nitrogens with two attached hydrogens (primary N) is 1. The molecule has 2 saturated heterocycles. The molecule has 0 aromatic rings. The largest absolute Gasteiger partial charge is 0.481 e. The van der Waals surface area contributed by atoms with Gasteiger partial charge in [0.1, 0.15) is 5.66 Å². The second-order valence-electron chi connectivity index (χ2n) is 18.7. The maximum Gasteiger partial charge on any atom is 0.304 e. The maximum absolute atomic E-state index is 14.8. The van der Waals surface area contributed by atoms with Crippen molar-refractivity contribution in [1.82, 2.24) is 10.6 Å². The molecule has 20 heteroatoms. The average molecular weight is 895 g/mol. The molecule has 1 spiro atoms. The number of hydrogen-bond donors (Lipinski definition) is 8. The number of carboxylic acid groups (broad SMARTS) is 5. The van der Waals surface area contributed by atoms with Crippen LogP contribution in [0.2, 0.25) is 0 Å². The van der Waals surface area contributed by atoms with Gasteiger partial charge >= 0.3 is 29.8 Å². The van der Waals surface area contributed by atoms with Crippen LogP contribution in [0.4, 0.5) is 0 Å². The van der Waals surface area contributed by atoms with E-state index >= 15 is 0 Å². The Labute approximate surface area is 366 Å². The van der Waals surface area contributed by atoms with Crippen LogP contribution >= 0.6 is 11.8 Å². The van der Waals surface area contributed by atoms with Crippen molar-refractivity contribution in [2.75, 3.05) is 6.26 Å². The molecule has 9 unspecified atom stereocenters. The zero-order valence-corrected chi connectivity index (χ0v) is 36.1. The smallest absolute Gasteiger partial charge is 0.304 e. The van der Waals surface area contributed by atoms with Gasteiger partial charge in [-0.05, 0) is 43.9 Å². The number of fused-ring (bicyclic) bond motifs is 4. The summed E-state index contributed by atoms with van der Waals surface area (Å²) in [5.74, 6) is -11.5. The Hall–Kier alpha value is -5.40. The van der Waals surface area contributed by atoms with Gasteiger partial charge in [-0.15, -0.1) is 0 Å². The van der Waals surface area contributed by atoms with Crippen molar-refractivity contribution in [3.05, 3.63) is 23.0 Å². The maximum atomic E-state index is 14.8. The monoisotopic (exact) mass is 894 g/mol. The number of allylic oxidation sites excluding steroid dienone is 4. The zero-order valence-electron chi connectivity index (χ0n) is 35.3. The summed E-state index contributed by atoms with van der Waals surface area (Å²) in [5, 5.41) is 56.4. The van der Waals surface area contributed by atoms with Crippen molar-refractivity contribution in [2.24, 2.45) is 67.0 Å². The molecule has 12 atom stereocenters. The van der Waals surface area contributed by atoms with Crippen LogP contribution in [0.25, 0.3) is 0 Å². The van der Waals surface area contributed by atoms with Crippen molar-refractivity contribution >= 4 is 76.3 Å². The number of amides is 2. The lowest BCUT2D eigenvalue weighted by Crippen LogP contribution is -2.59. The molecule has 6 heterocycles. The number of ketones is 1. The number of Topliss-reactive ketones (excluding diaryl/α,β-unsaturated/α-hetero) is 1. The highest BCUT2D eigenvalue weighted by Crippen LogP contribution is 2.59. The number of primary amides is 1. The molecule has 63 heavy (non-hydrogen) atoms. The minimum atomic E-state index is -1.34. The molecular weight excluding hydrogens is 841 g/mol. The molecule has 2 amide bonds. The summed E-state index contributed by atoms with van der Waals surface area (Å²) < 4.78 is 0. The van der Waals surface area contributed by atoms with Gasteiger partial charge in [-0.1, -0.05) is 13.8 Å². The first-order valence-corrected chi connectivity index (χ1v) is 22.6. The third-order valence-corrected chi connectivity index (χ3v) is 16.1. The van der Waals surface area contributed by atoms with Gasteiger partial charge in [-0.25, -0.2) is 0 Å². The molecule has 0 aromatic carbocycles. The van der Waals surface area contributed by atoms with Crippen molar-refractivity contribution in [3.8, 4) is 0 Å². The van der Waals surface area contributed by atoms with Crippen molar-refractivity contribution in [3.63, 3.8) is 0 Å². The topological polar surface area (TPSA) is 325 Å². The number of thioether (sulfide) groups is 1. The first-order valence-electron chi connectivity index (χ1n) is 21.3. The summed E-state index contributed by atoms with van der Waals surface area (Å²) in [6.07, 6.45) is 1.49. The minimum Gasteiger partial charge on any atom is -0.481 e. The van der Waals surface area contributed by atoms with E-state index in [0.717, 1.165) is 0 Å². The molecule has 7 rings (SSSR count). The summed E-state index contributed by atoms with van der Waals surface area (Å²) in [4.78, 5) is 119. The third kappa shape index (κ3) is 8.18. The number of carbonyl (C=O) groups excluding carboxylic acids is 3. The van der Waals surface area contributed by atoms with E-state index in [1.807, 2.05) is 6.92 Å². The van der Waals surface area contributed by atoms with Crippen molar-refractivity contribution in [1.29, 1.82) is 0 Å². The highest BCUT2D eigenvalue weighted by atomic mass is 32.2. The first-order chi connectivity index (χ1) is 29.6. The van der Waals surface area contributed by atoms with Gasteiger partial charge in [0.25, 0.3) is 0 Å². The quantitative estimate of drug-likeness (QED) is 0.110. The van der Waals surface area contributed by atoms with E-state index in [1.54, 1.807) is 19.3 Å². The van der Waals surface area contributed by atoms with E-state index in [1.165, 1.54) is 11.8 Å². The predicted molar refractivity (Wildman–Crippen MR) is 226 cm³/mol. The second kappa shape index (κ2) is 17.0.